The van der Waals surface area contributed by atoms with Crippen LogP contribution in [0.4, 0.5) is 0 Å². The van der Waals surface area contributed by atoms with Crippen molar-refractivity contribution in [1.82, 2.24) is 4.90 Å². The Morgan fingerprint density at radius 3 is 1.79 bits per heavy atom. The third kappa shape index (κ3) is 8.71. The Hall–Kier alpha value is -3.64. The van der Waals surface area contributed by atoms with E-state index in [0.29, 0.717) is 6.61 Å². The Kier molecular flexibility index (Phi) is 9.67. The topological polar surface area (TPSA) is 87.1 Å². The molecule has 0 amide bonds. The summed E-state index contributed by atoms with van der Waals surface area (Å²) in [5.41, 5.74) is 4.05. The van der Waals surface area contributed by atoms with Crippen molar-refractivity contribution in [2.45, 2.75) is 32.4 Å². The minimum atomic E-state index is -1.82. The minimum absolute atomic E-state index is 0.620. The molecular formula is C28H31NO5. The highest BCUT2D eigenvalue weighted by molar-refractivity contribution is 6.27. The van der Waals surface area contributed by atoms with Crippen molar-refractivity contribution < 1.29 is 24.5 Å². The normalized spacial score (nSPS) is 14.0. The molecule has 178 valence electrons. The number of carboxylic acid groups (broad SMARTS) is 2. The second-order valence-corrected chi connectivity index (χ2v) is 8.44. The summed E-state index contributed by atoms with van der Waals surface area (Å²) in [6, 6.07) is 29.8. The third-order valence-corrected chi connectivity index (χ3v) is 5.84. The summed E-state index contributed by atoms with van der Waals surface area (Å²) in [5, 5.41) is 14.8. The predicted molar refractivity (Wildman–Crippen MR) is 131 cm³/mol. The average molecular weight is 462 g/mol. The standard InChI is InChI=1S/C26H29NO.C2H2O4/c1-3-7-22(8-4-1)19-23-15-17-27(18-16-23)20-24-11-13-26(14-12-24)28-21-25-9-5-2-6-10-25;3-1(4)2(5)6/h1-14,23H,15-21H2;(H,3,4)(H,5,6). The van der Waals surface area contributed by atoms with E-state index in [2.05, 4.69) is 71.6 Å². The number of piperidine rings is 1. The van der Waals surface area contributed by atoms with Gasteiger partial charge in [0.05, 0.1) is 0 Å². The van der Waals surface area contributed by atoms with Gasteiger partial charge < -0.3 is 14.9 Å². The molecule has 1 aliphatic heterocycles. The van der Waals surface area contributed by atoms with Crippen molar-refractivity contribution in [3.05, 3.63) is 102 Å². The van der Waals surface area contributed by atoms with E-state index in [-0.39, 0.29) is 0 Å². The zero-order valence-corrected chi connectivity index (χ0v) is 19.2. The largest absolute Gasteiger partial charge is 0.489 e. The summed E-state index contributed by atoms with van der Waals surface area (Å²) in [4.78, 5) is 20.8. The molecule has 6 heteroatoms. The van der Waals surface area contributed by atoms with E-state index in [1.54, 1.807) is 0 Å². The average Bonchev–Trinajstić information content (AvgIpc) is 2.86. The van der Waals surface area contributed by atoms with Crippen LogP contribution in [0.3, 0.4) is 0 Å². The van der Waals surface area contributed by atoms with Crippen LogP contribution in [-0.2, 0) is 29.2 Å². The number of carboxylic acids is 2. The van der Waals surface area contributed by atoms with Gasteiger partial charge in [0.2, 0.25) is 0 Å². The van der Waals surface area contributed by atoms with Gasteiger partial charge >= 0.3 is 11.9 Å². The number of hydrogen-bond acceptors (Lipinski definition) is 4. The van der Waals surface area contributed by atoms with Crippen molar-refractivity contribution in [3.8, 4) is 5.75 Å². The molecule has 0 radical (unpaired) electrons. The molecule has 0 spiro atoms. The maximum absolute atomic E-state index is 9.10. The number of hydrogen-bond donors (Lipinski definition) is 2. The highest BCUT2D eigenvalue weighted by Crippen LogP contribution is 2.23. The van der Waals surface area contributed by atoms with Crippen LogP contribution in [0.25, 0.3) is 0 Å². The molecule has 3 aromatic rings. The number of aliphatic carboxylic acids is 2. The van der Waals surface area contributed by atoms with Crippen molar-refractivity contribution in [2.24, 2.45) is 5.92 Å². The van der Waals surface area contributed by atoms with Gasteiger partial charge in [-0.15, -0.1) is 0 Å². The van der Waals surface area contributed by atoms with Gasteiger partial charge in [0, 0.05) is 6.54 Å². The highest BCUT2D eigenvalue weighted by atomic mass is 16.5. The summed E-state index contributed by atoms with van der Waals surface area (Å²) in [5.74, 6) is -1.88. The lowest BCUT2D eigenvalue weighted by molar-refractivity contribution is -0.159. The Morgan fingerprint density at radius 2 is 1.26 bits per heavy atom. The molecule has 0 aliphatic carbocycles. The zero-order valence-electron chi connectivity index (χ0n) is 19.2. The SMILES string of the molecule is O=C(O)C(=O)O.c1ccc(COc2ccc(CN3CCC(Cc4ccccc4)CC3)cc2)cc1. The molecule has 2 N–H and O–H groups in total. The van der Waals surface area contributed by atoms with E-state index in [4.69, 9.17) is 24.5 Å². The van der Waals surface area contributed by atoms with Gasteiger partial charge in [-0.2, -0.15) is 0 Å². The summed E-state index contributed by atoms with van der Waals surface area (Å²) in [7, 11) is 0. The second kappa shape index (κ2) is 13.2. The van der Waals surface area contributed by atoms with Crippen LogP contribution in [0.5, 0.6) is 5.75 Å². The van der Waals surface area contributed by atoms with Gasteiger partial charge in [-0.25, -0.2) is 9.59 Å². The number of rotatable bonds is 7. The molecule has 0 bridgehead atoms. The molecule has 0 saturated carbocycles. The first-order chi connectivity index (χ1) is 16.5. The lowest BCUT2D eigenvalue weighted by atomic mass is 9.90. The van der Waals surface area contributed by atoms with Crippen LogP contribution >= 0.6 is 0 Å². The zero-order chi connectivity index (χ0) is 24.2. The summed E-state index contributed by atoms with van der Waals surface area (Å²) < 4.78 is 5.89. The fourth-order valence-corrected chi connectivity index (χ4v) is 3.99. The van der Waals surface area contributed by atoms with Gasteiger partial charge in [0.1, 0.15) is 12.4 Å². The van der Waals surface area contributed by atoms with Gasteiger partial charge in [-0.1, -0.05) is 72.8 Å². The van der Waals surface area contributed by atoms with Crippen LogP contribution in [0, 0.1) is 5.92 Å². The molecule has 3 aromatic carbocycles. The van der Waals surface area contributed by atoms with E-state index in [0.717, 1.165) is 18.2 Å². The molecule has 1 aliphatic rings. The van der Waals surface area contributed by atoms with Crippen molar-refractivity contribution in [3.63, 3.8) is 0 Å². The van der Waals surface area contributed by atoms with Gasteiger partial charge in [-0.05, 0) is 67.1 Å². The number of likely N-dealkylation sites (tertiary alicyclic amines) is 1. The van der Waals surface area contributed by atoms with E-state index >= 15 is 0 Å². The van der Waals surface area contributed by atoms with Crippen LogP contribution in [-0.4, -0.2) is 40.1 Å². The Morgan fingerprint density at radius 1 is 0.735 bits per heavy atom. The fraction of sp³-hybridized carbons (Fsp3) is 0.286. The minimum Gasteiger partial charge on any atom is -0.489 e. The lowest BCUT2D eigenvalue weighted by Gasteiger charge is -2.32. The van der Waals surface area contributed by atoms with Crippen molar-refractivity contribution >= 4 is 11.9 Å². The van der Waals surface area contributed by atoms with Crippen molar-refractivity contribution in [2.75, 3.05) is 13.1 Å². The first-order valence-corrected chi connectivity index (χ1v) is 11.5. The maximum atomic E-state index is 9.10. The number of ether oxygens (including phenoxy) is 1. The Bertz CT molecular complexity index is 1000. The molecule has 1 fully saturated rings. The molecule has 0 atom stereocenters. The van der Waals surface area contributed by atoms with Gasteiger partial charge in [0.25, 0.3) is 0 Å². The quantitative estimate of drug-likeness (QED) is 0.488. The van der Waals surface area contributed by atoms with Crippen LogP contribution in [0.1, 0.15) is 29.5 Å². The van der Waals surface area contributed by atoms with Gasteiger partial charge in [0.15, 0.2) is 0 Å². The van der Waals surface area contributed by atoms with Crippen molar-refractivity contribution in [1.29, 1.82) is 0 Å². The molecule has 1 heterocycles. The molecule has 34 heavy (non-hydrogen) atoms. The van der Waals surface area contributed by atoms with Crippen LogP contribution in [0.15, 0.2) is 84.9 Å². The van der Waals surface area contributed by atoms with E-state index < -0.39 is 11.9 Å². The molecule has 1 saturated heterocycles. The molecule has 6 nitrogen and oxygen atoms in total. The summed E-state index contributed by atoms with van der Waals surface area (Å²) in [6.45, 7) is 4.06. The summed E-state index contributed by atoms with van der Waals surface area (Å²) >= 11 is 0. The third-order valence-electron chi connectivity index (χ3n) is 5.84. The first kappa shape index (κ1) is 25.0. The first-order valence-electron chi connectivity index (χ1n) is 11.5. The summed E-state index contributed by atoms with van der Waals surface area (Å²) in [6.07, 6.45) is 3.82. The van der Waals surface area contributed by atoms with Gasteiger partial charge in [-0.3, -0.25) is 4.90 Å². The highest BCUT2D eigenvalue weighted by Gasteiger charge is 2.19. The molecule has 0 aromatic heterocycles. The van der Waals surface area contributed by atoms with E-state index in [1.807, 2.05) is 18.2 Å². The van der Waals surface area contributed by atoms with E-state index in [1.165, 1.54) is 49.0 Å². The second-order valence-electron chi connectivity index (χ2n) is 8.44. The number of benzene rings is 3. The Labute approximate surface area is 200 Å². The number of carbonyl (C=O) groups is 2. The maximum Gasteiger partial charge on any atom is 0.414 e. The van der Waals surface area contributed by atoms with Crippen LogP contribution in [0.2, 0.25) is 0 Å². The number of nitrogens with zero attached hydrogens (tertiary/aromatic N) is 1. The lowest BCUT2D eigenvalue weighted by Crippen LogP contribution is -2.33. The monoisotopic (exact) mass is 461 g/mol. The van der Waals surface area contributed by atoms with Crippen LogP contribution < -0.4 is 4.74 Å². The predicted octanol–water partition coefficient (Wildman–Crippen LogP) is 4.88. The Balaban J connectivity index is 0.000000481. The van der Waals surface area contributed by atoms with E-state index in [9.17, 15) is 0 Å². The molecule has 0 unspecified atom stereocenters. The molecular weight excluding hydrogens is 430 g/mol. The fourth-order valence-electron chi connectivity index (χ4n) is 3.99. The smallest absolute Gasteiger partial charge is 0.414 e. The molecule has 4 rings (SSSR count).